The number of esters is 1. The van der Waals surface area contributed by atoms with Crippen LogP contribution in [0.3, 0.4) is 0 Å². The zero-order valence-corrected chi connectivity index (χ0v) is 11.9. The molecule has 1 aromatic heterocycles. The SMILES string of the molecule is CCCn1nc(C(=O)NC(C)C(=O)OCC)ccc1=O. The van der Waals surface area contributed by atoms with Gasteiger partial charge in [0.25, 0.3) is 11.5 Å². The fourth-order valence-corrected chi connectivity index (χ4v) is 1.54. The van der Waals surface area contributed by atoms with Crippen LogP contribution in [-0.2, 0) is 16.1 Å². The van der Waals surface area contributed by atoms with Crippen LogP contribution in [0.25, 0.3) is 0 Å². The number of aryl methyl sites for hydroxylation is 1. The number of ether oxygens (including phenoxy) is 1. The molecule has 0 aliphatic heterocycles. The molecule has 0 bridgehead atoms. The Morgan fingerprint density at radius 3 is 2.70 bits per heavy atom. The van der Waals surface area contributed by atoms with Crippen LogP contribution >= 0.6 is 0 Å². The fourth-order valence-electron chi connectivity index (χ4n) is 1.54. The second-order valence-corrected chi connectivity index (χ2v) is 4.23. The third-order valence-electron chi connectivity index (χ3n) is 2.52. The molecule has 1 amide bonds. The van der Waals surface area contributed by atoms with Gasteiger partial charge in [-0.2, -0.15) is 5.10 Å². The topological polar surface area (TPSA) is 90.3 Å². The highest BCUT2D eigenvalue weighted by atomic mass is 16.5. The fraction of sp³-hybridized carbons (Fsp3) is 0.538. The van der Waals surface area contributed by atoms with Crippen LogP contribution in [0.5, 0.6) is 0 Å². The zero-order valence-electron chi connectivity index (χ0n) is 11.9. The van der Waals surface area contributed by atoms with Gasteiger partial charge in [-0.05, 0) is 26.3 Å². The quantitative estimate of drug-likeness (QED) is 0.759. The average molecular weight is 281 g/mol. The van der Waals surface area contributed by atoms with Gasteiger partial charge in [-0.25, -0.2) is 9.48 Å². The number of carbonyl (C=O) groups is 2. The minimum atomic E-state index is -0.768. The van der Waals surface area contributed by atoms with Crippen LogP contribution in [0, 0.1) is 0 Å². The van der Waals surface area contributed by atoms with Gasteiger partial charge in [-0.1, -0.05) is 6.92 Å². The van der Waals surface area contributed by atoms with E-state index in [1.165, 1.54) is 23.7 Å². The first-order valence-electron chi connectivity index (χ1n) is 6.55. The van der Waals surface area contributed by atoms with Gasteiger partial charge < -0.3 is 10.1 Å². The molecule has 110 valence electrons. The number of hydrogen-bond acceptors (Lipinski definition) is 5. The summed E-state index contributed by atoms with van der Waals surface area (Å²) in [4.78, 5) is 34.8. The van der Waals surface area contributed by atoms with E-state index in [0.717, 1.165) is 6.42 Å². The molecule has 1 atom stereocenters. The third-order valence-corrected chi connectivity index (χ3v) is 2.52. The zero-order chi connectivity index (χ0) is 15.1. The molecule has 1 N–H and O–H groups in total. The largest absolute Gasteiger partial charge is 0.464 e. The Balaban J connectivity index is 2.80. The lowest BCUT2D eigenvalue weighted by atomic mass is 10.3. The maximum Gasteiger partial charge on any atom is 0.328 e. The Kier molecular flexibility index (Phi) is 5.89. The number of nitrogens with zero attached hydrogens (tertiary/aromatic N) is 2. The molecule has 1 rings (SSSR count). The van der Waals surface area contributed by atoms with Gasteiger partial charge in [0.1, 0.15) is 11.7 Å². The van der Waals surface area contributed by atoms with E-state index >= 15 is 0 Å². The van der Waals surface area contributed by atoms with Crippen molar-refractivity contribution in [2.24, 2.45) is 0 Å². The number of hydrogen-bond donors (Lipinski definition) is 1. The molecule has 7 heteroatoms. The Hall–Kier alpha value is -2.18. The smallest absolute Gasteiger partial charge is 0.328 e. The van der Waals surface area contributed by atoms with E-state index in [2.05, 4.69) is 10.4 Å². The molecule has 0 saturated heterocycles. The molecular formula is C13H19N3O4. The van der Waals surface area contributed by atoms with Crippen molar-refractivity contribution in [3.8, 4) is 0 Å². The highest BCUT2D eigenvalue weighted by Crippen LogP contribution is 1.95. The molecule has 7 nitrogen and oxygen atoms in total. The number of rotatable bonds is 6. The molecule has 0 fully saturated rings. The summed E-state index contributed by atoms with van der Waals surface area (Å²) in [6.07, 6.45) is 0.733. The highest BCUT2D eigenvalue weighted by molar-refractivity contribution is 5.94. The second kappa shape index (κ2) is 7.42. The molecule has 0 aliphatic rings. The van der Waals surface area contributed by atoms with E-state index in [4.69, 9.17) is 4.74 Å². The lowest BCUT2D eigenvalue weighted by Crippen LogP contribution is -2.40. The highest BCUT2D eigenvalue weighted by Gasteiger charge is 2.18. The number of carbonyl (C=O) groups excluding carboxylic acids is 2. The van der Waals surface area contributed by atoms with Crippen molar-refractivity contribution >= 4 is 11.9 Å². The minimum Gasteiger partial charge on any atom is -0.464 e. The monoisotopic (exact) mass is 281 g/mol. The summed E-state index contributed by atoms with van der Waals surface area (Å²) in [7, 11) is 0. The van der Waals surface area contributed by atoms with E-state index in [1.54, 1.807) is 6.92 Å². The average Bonchev–Trinajstić information content (AvgIpc) is 2.41. The Morgan fingerprint density at radius 1 is 1.40 bits per heavy atom. The molecule has 0 aromatic carbocycles. The molecule has 1 aromatic rings. The second-order valence-electron chi connectivity index (χ2n) is 4.23. The van der Waals surface area contributed by atoms with E-state index in [-0.39, 0.29) is 17.9 Å². The van der Waals surface area contributed by atoms with Crippen LogP contribution in [-0.4, -0.2) is 34.3 Å². The maximum atomic E-state index is 11.9. The van der Waals surface area contributed by atoms with Gasteiger partial charge in [0.05, 0.1) is 6.61 Å². The van der Waals surface area contributed by atoms with Crippen molar-refractivity contribution in [1.29, 1.82) is 0 Å². The van der Waals surface area contributed by atoms with Gasteiger partial charge >= 0.3 is 5.97 Å². The van der Waals surface area contributed by atoms with Crippen molar-refractivity contribution in [2.75, 3.05) is 6.61 Å². The molecular weight excluding hydrogens is 262 g/mol. The summed E-state index contributed by atoms with van der Waals surface area (Å²) >= 11 is 0. The van der Waals surface area contributed by atoms with E-state index < -0.39 is 17.9 Å². The van der Waals surface area contributed by atoms with Gasteiger partial charge in [0, 0.05) is 12.6 Å². The van der Waals surface area contributed by atoms with Gasteiger partial charge in [-0.15, -0.1) is 0 Å². The van der Waals surface area contributed by atoms with Crippen LogP contribution < -0.4 is 10.9 Å². The number of nitrogens with one attached hydrogen (secondary N) is 1. The number of aromatic nitrogens is 2. The van der Waals surface area contributed by atoms with Crippen molar-refractivity contribution in [1.82, 2.24) is 15.1 Å². The predicted octanol–water partition coefficient (Wildman–Crippen LogP) is 0.335. The van der Waals surface area contributed by atoms with Crippen LogP contribution in [0.2, 0.25) is 0 Å². The van der Waals surface area contributed by atoms with Crippen LogP contribution in [0.4, 0.5) is 0 Å². The summed E-state index contributed by atoms with van der Waals surface area (Å²) < 4.78 is 6.02. The lowest BCUT2D eigenvalue weighted by molar-refractivity contribution is -0.144. The standard InChI is InChI=1S/C13H19N3O4/c1-4-8-16-11(17)7-6-10(15-16)12(18)14-9(3)13(19)20-5-2/h6-7,9H,4-5,8H2,1-3H3,(H,14,18). The normalized spacial score (nSPS) is 11.8. The maximum absolute atomic E-state index is 11.9. The van der Waals surface area contributed by atoms with Crippen molar-refractivity contribution in [3.05, 3.63) is 28.2 Å². The summed E-state index contributed by atoms with van der Waals surface area (Å²) in [5.74, 6) is -1.03. The molecule has 0 spiro atoms. The van der Waals surface area contributed by atoms with Crippen LogP contribution in [0.15, 0.2) is 16.9 Å². The summed E-state index contributed by atoms with van der Waals surface area (Å²) in [6.45, 7) is 5.81. The van der Waals surface area contributed by atoms with Crippen molar-refractivity contribution in [2.45, 2.75) is 39.8 Å². The molecule has 1 heterocycles. The minimum absolute atomic E-state index is 0.0919. The van der Waals surface area contributed by atoms with E-state index in [1.807, 2.05) is 6.92 Å². The molecule has 1 unspecified atom stereocenters. The Labute approximate surface area is 116 Å². The van der Waals surface area contributed by atoms with Crippen molar-refractivity contribution < 1.29 is 14.3 Å². The molecule has 0 aliphatic carbocycles. The molecule has 0 radical (unpaired) electrons. The first-order valence-corrected chi connectivity index (χ1v) is 6.55. The van der Waals surface area contributed by atoms with E-state index in [9.17, 15) is 14.4 Å². The lowest BCUT2D eigenvalue weighted by Gasteiger charge is -2.12. The molecule has 0 saturated carbocycles. The Morgan fingerprint density at radius 2 is 2.10 bits per heavy atom. The van der Waals surface area contributed by atoms with Gasteiger partial charge in [-0.3, -0.25) is 9.59 Å². The van der Waals surface area contributed by atoms with Gasteiger partial charge in [0.2, 0.25) is 0 Å². The van der Waals surface area contributed by atoms with Crippen molar-refractivity contribution in [3.63, 3.8) is 0 Å². The molecule has 20 heavy (non-hydrogen) atoms. The summed E-state index contributed by atoms with van der Waals surface area (Å²) in [5.41, 5.74) is -0.170. The summed E-state index contributed by atoms with van der Waals surface area (Å²) in [5, 5.41) is 6.44. The first-order chi connectivity index (χ1) is 9.49. The predicted molar refractivity (Wildman–Crippen MR) is 72.3 cm³/mol. The van der Waals surface area contributed by atoms with Gasteiger partial charge in [0.15, 0.2) is 0 Å². The first kappa shape index (κ1) is 15.9. The third kappa shape index (κ3) is 4.18. The van der Waals surface area contributed by atoms with E-state index in [0.29, 0.717) is 6.54 Å². The Bertz CT molecular complexity index is 539. The summed E-state index contributed by atoms with van der Waals surface area (Å²) in [6, 6.07) is 1.85. The van der Waals surface area contributed by atoms with Crippen LogP contribution in [0.1, 0.15) is 37.7 Å². The number of amides is 1.